The number of ether oxygens (including phenoxy) is 2. The Balaban J connectivity index is 6.49. The largest absolute Gasteiger partial charge is 0.464 e. The van der Waals surface area contributed by atoms with Crippen LogP contribution < -0.4 is 5.32 Å². The number of unbranched alkanes of at least 4 members (excludes halogenated alkanes) is 1. The van der Waals surface area contributed by atoms with E-state index in [9.17, 15) is 66.7 Å². The van der Waals surface area contributed by atoms with Crippen LogP contribution in [0.15, 0.2) is 0 Å². The summed E-state index contributed by atoms with van der Waals surface area (Å²) in [5, 5.41) is 1.26. The minimum absolute atomic E-state index is 0.0512. The molecule has 0 saturated heterocycles. The van der Waals surface area contributed by atoms with E-state index in [1.54, 1.807) is 6.92 Å². The molecule has 0 bridgehead atoms. The lowest BCUT2D eigenvalue weighted by molar-refractivity contribution is -0.443. The summed E-state index contributed by atoms with van der Waals surface area (Å²) in [7, 11) is 0. The molecule has 0 heterocycles. The number of hydrogen-bond donors (Lipinski definition) is 1. The second kappa shape index (κ2) is 10.8. The third-order valence-corrected chi connectivity index (χ3v) is 4.57. The first-order valence-electron chi connectivity index (χ1n) is 9.54. The van der Waals surface area contributed by atoms with Gasteiger partial charge in [0.15, 0.2) is 0 Å². The Labute approximate surface area is 189 Å². The van der Waals surface area contributed by atoms with Gasteiger partial charge in [-0.15, -0.1) is 0 Å². The van der Waals surface area contributed by atoms with Crippen molar-refractivity contribution in [3.63, 3.8) is 0 Å². The Morgan fingerprint density at radius 2 is 1.20 bits per heavy atom. The van der Waals surface area contributed by atoms with E-state index in [0.717, 1.165) is 6.92 Å². The van der Waals surface area contributed by atoms with Gasteiger partial charge >= 0.3 is 47.9 Å². The van der Waals surface area contributed by atoms with Crippen LogP contribution in [-0.4, -0.2) is 67.1 Å². The molecule has 1 amide bonds. The Bertz CT molecular complexity index is 740. The molecular weight excluding hydrogens is 529 g/mol. The number of carbonyl (C=O) groups excluding carboxylic acids is 2. The maximum absolute atomic E-state index is 14.5. The highest BCUT2D eigenvalue weighted by Crippen LogP contribution is 2.61. The van der Waals surface area contributed by atoms with Crippen molar-refractivity contribution in [2.24, 2.45) is 5.92 Å². The Morgan fingerprint density at radius 1 is 0.743 bits per heavy atom. The number of hydrogen-bond acceptors (Lipinski definition) is 4. The molecule has 0 aromatic carbocycles. The van der Waals surface area contributed by atoms with Crippen molar-refractivity contribution >= 4 is 12.1 Å². The van der Waals surface area contributed by atoms with Crippen LogP contribution in [0, 0.1) is 5.92 Å². The summed E-state index contributed by atoms with van der Waals surface area (Å²) in [6.45, 7) is 1.45. The summed E-state index contributed by atoms with van der Waals surface area (Å²) in [5.74, 6) is -43.8. The average Bonchev–Trinajstić information content (AvgIpc) is 2.70. The molecule has 0 radical (unpaired) electrons. The highest BCUT2D eigenvalue weighted by molar-refractivity contribution is 5.81. The quantitative estimate of drug-likeness (QED) is 0.189. The third kappa shape index (κ3) is 5.98. The fraction of sp³-hybridized carbons (Fsp3) is 0.882. The highest BCUT2D eigenvalue weighted by atomic mass is 19.4. The molecule has 0 rings (SSSR count). The molecule has 0 aliphatic rings. The van der Waals surface area contributed by atoms with Crippen LogP contribution in [0.4, 0.5) is 61.9 Å². The number of halogens is 13. The molecule has 35 heavy (non-hydrogen) atoms. The van der Waals surface area contributed by atoms with Crippen molar-refractivity contribution in [2.75, 3.05) is 13.2 Å². The smallest absolute Gasteiger partial charge is 0.460 e. The summed E-state index contributed by atoms with van der Waals surface area (Å²) in [4.78, 5) is 23.5. The number of esters is 1. The van der Waals surface area contributed by atoms with Crippen molar-refractivity contribution in [2.45, 2.75) is 75.4 Å². The summed E-state index contributed by atoms with van der Waals surface area (Å²) >= 11 is 0. The number of nitrogens with one attached hydrogen (secondary N) is 1. The van der Waals surface area contributed by atoms with Gasteiger partial charge in [0.1, 0.15) is 6.04 Å². The second-order valence-corrected chi connectivity index (χ2v) is 7.07. The number of alkyl carbamates (subject to hydrolysis) is 1. The summed E-state index contributed by atoms with van der Waals surface area (Å²) in [6, 6.07) is -3.01. The van der Waals surface area contributed by atoms with E-state index in [-0.39, 0.29) is 13.3 Å². The first kappa shape index (κ1) is 32.8. The van der Waals surface area contributed by atoms with E-state index >= 15 is 0 Å². The van der Waals surface area contributed by atoms with Gasteiger partial charge in [-0.1, -0.05) is 20.3 Å². The molecule has 0 aliphatic carbocycles. The SMILES string of the molecule is CCCCOC(=O)C(NC(=O)OCC)C(C)C(F)(F)C(F)(F)C(F)(F)C(F)(F)C(F)(F)C(F)(F)F. The van der Waals surface area contributed by atoms with Crippen LogP contribution in [0.1, 0.15) is 33.6 Å². The molecule has 18 heteroatoms. The second-order valence-electron chi connectivity index (χ2n) is 7.07. The standard InChI is InChI=1S/C17H20F13NO4/c1-4-6-7-35-10(32)9(31-11(33)34-5-2)8(3)12(18,19)13(20,21)14(22,23)15(24,25)16(26,27)17(28,29)30/h8-9H,4-7H2,1-3H3,(H,31,33). The van der Waals surface area contributed by atoms with Crippen molar-refractivity contribution < 1.29 is 76.1 Å². The molecule has 5 nitrogen and oxygen atoms in total. The predicted octanol–water partition coefficient (Wildman–Crippen LogP) is 5.82. The Kier molecular flexibility index (Phi) is 10.2. The molecule has 0 fully saturated rings. The molecule has 0 saturated carbocycles. The molecule has 2 atom stereocenters. The molecule has 208 valence electrons. The van der Waals surface area contributed by atoms with E-state index in [1.807, 2.05) is 0 Å². The van der Waals surface area contributed by atoms with Crippen LogP contribution in [0.5, 0.6) is 0 Å². The fourth-order valence-corrected chi connectivity index (χ4v) is 2.37. The van der Waals surface area contributed by atoms with E-state index in [0.29, 0.717) is 6.42 Å². The van der Waals surface area contributed by atoms with Crippen molar-refractivity contribution in [3.05, 3.63) is 0 Å². The summed E-state index contributed by atoms with van der Waals surface area (Å²) in [5.41, 5.74) is 0. The normalized spacial score (nSPS) is 15.9. The Morgan fingerprint density at radius 3 is 1.60 bits per heavy atom. The molecule has 1 N–H and O–H groups in total. The lowest BCUT2D eigenvalue weighted by atomic mass is 9.84. The molecule has 0 aliphatic heterocycles. The lowest BCUT2D eigenvalue weighted by Gasteiger charge is -2.42. The van der Waals surface area contributed by atoms with Gasteiger partial charge in [0.25, 0.3) is 0 Å². The molecule has 2 unspecified atom stereocenters. The van der Waals surface area contributed by atoms with Gasteiger partial charge in [0.05, 0.1) is 19.1 Å². The van der Waals surface area contributed by atoms with Gasteiger partial charge in [0.2, 0.25) is 0 Å². The number of rotatable bonds is 12. The average molecular weight is 549 g/mol. The van der Waals surface area contributed by atoms with Gasteiger partial charge in [-0.25, -0.2) is 9.59 Å². The minimum Gasteiger partial charge on any atom is -0.464 e. The summed E-state index contributed by atoms with van der Waals surface area (Å²) in [6.07, 6.45) is -8.94. The lowest BCUT2D eigenvalue weighted by Crippen LogP contribution is -2.72. The first-order valence-corrected chi connectivity index (χ1v) is 9.54. The fourth-order valence-electron chi connectivity index (χ4n) is 2.37. The zero-order valence-corrected chi connectivity index (χ0v) is 18.0. The molecule has 0 aromatic rings. The van der Waals surface area contributed by atoms with Crippen molar-refractivity contribution in [3.8, 4) is 0 Å². The predicted molar refractivity (Wildman–Crippen MR) is 89.8 cm³/mol. The number of carbonyl (C=O) groups is 2. The van der Waals surface area contributed by atoms with Crippen molar-refractivity contribution in [1.82, 2.24) is 5.32 Å². The van der Waals surface area contributed by atoms with Gasteiger partial charge in [-0.3, -0.25) is 0 Å². The number of amides is 1. The minimum atomic E-state index is -8.09. The topological polar surface area (TPSA) is 64.6 Å². The van der Waals surface area contributed by atoms with Gasteiger partial charge in [-0.2, -0.15) is 57.1 Å². The summed E-state index contributed by atoms with van der Waals surface area (Å²) < 4.78 is 183. The highest BCUT2D eigenvalue weighted by Gasteiger charge is 2.91. The maximum atomic E-state index is 14.5. The van der Waals surface area contributed by atoms with Gasteiger partial charge in [0, 0.05) is 0 Å². The van der Waals surface area contributed by atoms with E-state index in [2.05, 4.69) is 9.47 Å². The van der Waals surface area contributed by atoms with Crippen LogP contribution in [-0.2, 0) is 14.3 Å². The Hall–Kier alpha value is -2.17. The van der Waals surface area contributed by atoms with Crippen LogP contribution in [0.25, 0.3) is 0 Å². The molecular formula is C17H20F13NO4. The zero-order chi connectivity index (χ0) is 28.3. The van der Waals surface area contributed by atoms with E-state index in [4.69, 9.17) is 0 Å². The van der Waals surface area contributed by atoms with Gasteiger partial charge in [-0.05, 0) is 13.3 Å². The zero-order valence-electron chi connectivity index (χ0n) is 18.0. The first-order chi connectivity index (χ1) is 15.5. The third-order valence-electron chi connectivity index (χ3n) is 4.57. The van der Waals surface area contributed by atoms with Crippen LogP contribution in [0.2, 0.25) is 0 Å². The number of alkyl halides is 13. The van der Waals surface area contributed by atoms with Gasteiger partial charge < -0.3 is 14.8 Å². The van der Waals surface area contributed by atoms with E-state index < -0.39 is 73.0 Å². The van der Waals surface area contributed by atoms with Crippen LogP contribution in [0.3, 0.4) is 0 Å². The maximum Gasteiger partial charge on any atom is 0.460 e. The monoisotopic (exact) mass is 549 g/mol. The van der Waals surface area contributed by atoms with Crippen LogP contribution >= 0.6 is 0 Å². The molecule has 0 spiro atoms. The van der Waals surface area contributed by atoms with Crippen molar-refractivity contribution in [1.29, 1.82) is 0 Å². The molecule has 0 aromatic heterocycles. The van der Waals surface area contributed by atoms with E-state index in [1.165, 1.54) is 5.32 Å².